The largest absolute Gasteiger partial charge is 0.432 e. The van der Waals surface area contributed by atoms with Crippen molar-refractivity contribution < 1.29 is 9.53 Å². The minimum atomic E-state index is -0.540. The summed E-state index contributed by atoms with van der Waals surface area (Å²) in [5, 5.41) is 5.79. The van der Waals surface area contributed by atoms with Crippen molar-refractivity contribution in [3.8, 4) is 5.75 Å². The fourth-order valence-corrected chi connectivity index (χ4v) is 3.24. The summed E-state index contributed by atoms with van der Waals surface area (Å²) in [6.45, 7) is 12.3. The molecule has 176 valence electrons. The van der Waals surface area contributed by atoms with Gasteiger partial charge >= 0.3 is 0 Å². The Morgan fingerprint density at radius 3 is 2.34 bits per heavy atom. The van der Waals surface area contributed by atoms with Gasteiger partial charge in [-0.2, -0.15) is 0 Å². The van der Waals surface area contributed by atoms with Gasteiger partial charge in [0.1, 0.15) is 11.9 Å². The predicted molar refractivity (Wildman–Crippen MR) is 137 cm³/mol. The van der Waals surface area contributed by atoms with Gasteiger partial charge in [0.15, 0.2) is 0 Å². The molecular weight excluding hydrogens is 420 g/mol. The SMILES string of the molecule is CC.CCN(C)CCc1cc(C)c(OC(=S)NC(N)c2ccc(C(=O)NC)cc2)cc1C. The summed E-state index contributed by atoms with van der Waals surface area (Å²) in [6, 6.07) is 11.2. The van der Waals surface area contributed by atoms with Crippen molar-refractivity contribution in [2.24, 2.45) is 5.73 Å². The number of nitrogens with zero attached hydrogens (tertiary/aromatic N) is 1. The third-order valence-corrected chi connectivity index (χ3v) is 5.37. The van der Waals surface area contributed by atoms with E-state index < -0.39 is 6.17 Å². The van der Waals surface area contributed by atoms with Crippen LogP contribution in [-0.4, -0.2) is 43.2 Å². The first-order valence-corrected chi connectivity index (χ1v) is 11.5. The van der Waals surface area contributed by atoms with Crippen LogP contribution in [0.15, 0.2) is 36.4 Å². The third kappa shape index (κ3) is 8.22. The van der Waals surface area contributed by atoms with Gasteiger partial charge in [-0.15, -0.1) is 0 Å². The van der Waals surface area contributed by atoms with E-state index >= 15 is 0 Å². The first kappa shape index (κ1) is 27.6. The van der Waals surface area contributed by atoms with E-state index in [0.29, 0.717) is 5.56 Å². The molecule has 2 aromatic carbocycles. The number of ether oxygens (including phenoxy) is 1. The van der Waals surface area contributed by atoms with Crippen molar-refractivity contribution in [1.82, 2.24) is 15.5 Å². The summed E-state index contributed by atoms with van der Waals surface area (Å²) in [4.78, 5) is 13.9. The van der Waals surface area contributed by atoms with Crippen LogP contribution in [0.5, 0.6) is 5.75 Å². The number of carbonyl (C=O) groups is 1. The van der Waals surface area contributed by atoms with E-state index in [-0.39, 0.29) is 11.1 Å². The second kappa shape index (κ2) is 13.8. The van der Waals surface area contributed by atoms with Crippen molar-refractivity contribution in [3.05, 3.63) is 64.2 Å². The number of benzene rings is 2. The van der Waals surface area contributed by atoms with Crippen LogP contribution in [0.4, 0.5) is 0 Å². The van der Waals surface area contributed by atoms with Gasteiger partial charge in [0.05, 0.1) is 0 Å². The third-order valence-electron chi connectivity index (χ3n) is 5.17. The second-order valence-corrected chi connectivity index (χ2v) is 7.77. The second-order valence-electron chi connectivity index (χ2n) is 7.40. The summed E-state index contributed by atoms with van der Waals surface area (Å²) >= 11 is 5.35. The Balaban J connectivity index is 0.00000249. The highest BCUT2D eigenvalue weighted by atomic mass is 32.1. The van der Waals surface area contributed by atoms with Crippen LogP contribution >= 0.6 is 12.2 Å². The molecule has 0 bridgehead atoms. The zero-order valence-corrected chi connectivity index (χ0v) is 21.2. The number of thiocarbonyl (C=S) groups is 1. The van der Waals surface area contributed by atoms with Crippen molar-refractivity contribution in [2.45, 2.75) is 47.2 Å². The maximum atomic E-state index is 11.6. The highest BCUT2D eigenvalue weighted by Gasteiger charge is 2.13. The van der Waals surface area contributed by atoms with Crippen LogP contribution in [0.2, 0.25) is 0 Å². The summed E-state index contributed by atoms with van der Waals surface area (Å²) in [6.07, 6.45) is 0.457. The molecule has 1 unspecified atom stereocenters. The number of carbonyl (C=O) groups excluding carboxylic acids is 1. The number of aryl methyl sites for hydroxylation is 2. The maximum absolute atomic E-state index is 11.6. The lowest BCUT2D eigenvalue weighted by Crippen LogP contribution is -2.36. The van der Waals surface area contributed by atoms with Crippen molar-refractivity contribution >= 4 is 23.3 Å². The highest BCUT2D eigenvalue weighted by molar-refractivity contribution is 7.80. The molecule has 0 aliphatic heterocycles. The molecule has 0 saturated carbocycles. The quantitative estimate of drug-likeness (QED) is 0.408. The van der Waals surface area contributed by atoms with Gasteiger partial charge in [0.2, 0.25) is 0 Å². The van der Waals surface area contributed by atoms with Crippen molar-refractivity contribution in [1.29, 1.82) is 0 Å². The fraction of sp³-hybridized carbons (Fsp3) is 0.440. The van der Waals surface area contributed by atoms with Crippen LogP contribution < -0.4 is 21.1 Å². The number of nitrogens with two attached hydrogens (primary N) is 1. The molecule has 0 saturated heterocycles. The molecule has 1 atom stereocenters. The molecular formula is C25H38N4O2S. The summed E-state index contributed by atoms with van der Waals surface area (Å²) < 4.78 is 5.87. The lowest BCUT2D eigenvalue weighted by molar-refractivity contribution is 0.0963. The van der Waals surface area contributed by atoms with Gasteiger partial charge in [0, 0.05) is 19.2 Å². The first-order chi connectivity index (χ1) is 15.2. The van der Waals surface area contributed by atoms with Gasteiger partial charge < -0.3 is 26.0 Å². The van der Waals surface area contributed by atoms with E-state index in [4.69, 9.17) is 22.7 Å². The van der Waals surface area contributed by atoms with Gasteiger partial charge in [0.25, 0.3) is 11.1 Å². The molecule has 4 N–H and O–H groups in total. The van der Waals surface area contributed by atoms with E-state index in [2.05, 4.69) is 42.5 Å². The molecule has 0 fully saturated rings. The Hall–Kier alpha value is -2.48. The Kier molecular flexibility index (Phi) is 11.9. The Morgan fingerprint density at radius 2 is 1.78 bits per heavy atom. The van der Waals surface area contributed by atoms with Gasteiger partial charge in [-0.3, -0.25) is 4.79 Å². The normalized spacial score (nSPS) is 11.3. The van der Waals surface area contributed by atoms with E-state index in [1.807, 2.05) is 26.8 Å². The standard InChI is InChI=1S/C23H32N4O2S.C2H6/c1-6-27(5)12-11-19-13-16(3)20(14-15(19)2)29-23(30)26-21(24)17-7-9-18(10-8-17)22(28)25-4;1-2/h7-10,13-14,21H,6,11-12,24H2,1-5H3,(H,25,28)(H,26,30);1-2H3. The minimum Gasteiger partial charge on any atom is -0.432 e. The zero-order chi connectivity index (χ0) is 24.3. The molecule has 0 aliphatic rings. The Morgan fingerprint density at radius 1 is 1.16 bits per heavy atom. The molecule has 2 rings (SSSR count). The molecule has 7 heteroatoms. The average molecular weight is 459 g/mol. The first-order valence-electron chi connectivity index (χ1n) is 11.1. The lowest BCUT2D eigenvalue weighted by Gasteiger charge is -2.19. The van der Waals surface area contributed by atoms with Crippen LogP contribution in [0.1, 0.15) is 59.5 Å². The molecule has 0 radical (unpaired) electrons. The molecule has 1 amide bonds. The average Bonchev–Trinajstić information content (AvgIpc) is 2.80. The Labute approximate surface area is 198 Å². The van der Waals surface area contributed by atoms with Crippen LogP contribution in [0.25, 0.3) is 0 Å². The highest BCUT2D eigenvalue weighted by Crippen LogP contribution is 2.24. The predicted octanol–water partition coefficient (Wildman–Crippen LogP) is 4.09. The van der Waals surface area contributed by atoms with Crippen LogP contribution in [0, 0.1) is 13.8 Å². The number of amides is 1. The van der Waals surface area contributed by atoms with E-state index in [1.54, 1.807) is 31.3 Å². The molecule has 0 aliphatic carbocycles. The Bertz CT molecular complexity index is 884. The molecule has 6 nitrogen and oxygen atoms in total. The van der Waals surface area contributed by atoms with Gasteiger partial charge in [-0.05, 0) is 86.5 Å². The zero-order valence-electron chi connectivity index (χ0n) is 20.4. The molecule has 0 heterocycles. The maximum Gasteiger partial charge on any atom is 0.263 e. The van der Waals surface area contributed by atoms with Gasteiger partial charge in [-0.1, -0.05) is 39.0 Å². The number of hydrogen-bond donors (Lipinski definition) is 3. The smallest absolute Gasteiger partial charge is 0.263 e. The fourth-order valence-electron chi connectivity index (χ4n) is 3.02. The van der Waals surface area contributed by atoms with E-state index in [0.717, 1.165) is 36.4 Å². The van der Waals surface area contributed by atoms with Crippen LogP contribution in [-0.2, 0) is 6.42 Å². The number of rotatable bonds is 8. The molecule has 32 heavy (non-hydrogen) atoms. The van der Waals surface area contributed by atoms with E-state index in [1.165, 1.54) is 11.1 Å². The molecule has 0 spiro atoms. The monoisotopic (exact) mass is 458 g/mol. The number of nitrogens with one attached hydrogen (secondary N) is 2. The van der Waals surface area contributed by atoms with E-state index in [9.17, 15) is 4.79 Å². The summed E-state index contributed by atoms with van der Waals surface area (Å²) in [7, 11) is 3.72. The number of hydrogen-bond acceptors (Lipinski definition) is 5. The number of likely N-dealkylation sites (N-methyl/N-ethyl adjacent to an activating group) is 1. The van der Waals surface area contributed by atoms with Crippen LogP contribution in [0.3, 0.4) is 0 Å². The van der Waals surface area contributed by atoms with Crippen molar-refractivity contribution in [3.63, 3.8) is 0 Å². The summed E-state index contributed by atoms with van der Waals surface area (Å²) in [5.74, 6) is 0.581. The minimum absolute atomic E-state index is 0.141. The molecule has 0 aromatic heterocycles. The molecule has 2 aromatic rings. The lowest BCUT2D eigenvalue weighted by atomic mass is 10.0. The van der Waals surface area contributed by atoms with Gasteiger partial charge in [-0.25, -0.2) is 0 Å². The summed E-state index contributed by atoms with van der Waals surface area (Å²) in [5.41, 5.74) is 11.1. The topological polar surface area (TPSA) is 79.6 Å². The van der Waals surface area contributed by atoms with Crippen molar-refractivity contribution in [2.75, 3.05) is 27.2 Å².